The molecule has 3 aromatic carbocycles. The second kappa shape index (κ2) is 30.0. The number of ether oxygens (including phenoxy) is 3. The first-order chi connectivity index (χ1) is 34.4. The molecule has 2 bridgehead atoms. The molecule has 3 aliphatic heterocycles. The van der Waals surface area contributed by atoms with Crippen LogP contribution in [0.1, 0.15) is 16.7 Å². The zero-order chi connectivity index (χ0) is 50.6. The Bertz CT molecular complexity index is 1980. The van der Waals surface area contributed by atoms with E-state index in [4.69, 9.17) is 14.2 Å². The van der Waals surface area contributed by atoms with Crippen LogP contribution in [0.2, 0.25) is 0 Å². The summed E-state index contributed by atoms with van der Waals surface area (Å²) in [5, 5.41) is 15.8. The smallest absolute Gasteiger partial charge is 0.407 e. The number of fused-ring (bicyclic) bond motifs is 21. The van der Waals surface area contributed by atoms with Crippen LogP contribution < -0.4 is 31.9 Å². The Balaban J connectivity index is 1.35. The number of benzene rings is 3. The third kappa shape index (κ3) is 21.2. The molecule has 3 aliphatic rings. The van der Waals surface area contributed by atoms with Gasteiger partial charge in [0.05, 0.1) is 19.6 Å². The van der Waals surface area contributed by atoms with Crippen LogP contribution in [0.3, 0.4) is 0 Å². The van der Waals surface area contributed by atoms with Gasteiger partial charge in [0.2, 0.25) is 35.4 Å². The van der Waals surface area contributed by atoms with Crippen LogP contribution >= 0.6 is 0 Å². The average Bonchev–Trinajstić information content (AvgIpc) is 3.37. The number of hydrogen-bond acceptors (Lipinski definition) is 14. The van der Waals surface area contributed by atoms with E-state index in [1.165, 1.54) is 14.7 Å². The molecule has 6 rings (SSSR count). The van der Waals surface area contributed by atoms with E-state index in [9.17, 15) is 43.2 Å². The van der Waals surface area contributed by atoms with Gasteiger partial charge in [-0.05, 0) is 16.7 Å². The maximum atomic E-state index is 13.8. The van der Waals surface area contributed by atoms with Gasteiger partial charge in [0, 0.05) is 78.5 Å². The second-order valence-electron chi connectivity index (χ2n) is 16.4. The summed E-state index contributed by atoms with van der Waals surface area (Å²) in [6, 6.07) is 26.9. The fraction of sp³-hybridized carbons (Fsp3) is 0.438. The van der Waals surface area contributed by atoms with E-state index in [1.807, 2.05) is 23.1 Å². The lowest BCUT2D eigenvalue weighted by atomic mass is 10.2. The molecule has 3 fully saturated rings. The molecule has 0 atom stereocenters. The van der Waals surface area contributed by atoms with E-state index in [-0.39, 0.29) is 118 Å². The summed E-state index contributed by atoms with van der Waals surface area (Å²) in [6.45, 7) is -1.79. The van der Waals surface area contributed by atoms with E-state index < -0.39 is 73.4 Å². The second-order valence-corrected chi connectivity index (χ2v) is 16.4. The van der Waals surface area contributed by atoms with Gasteiger partial charge < -0.3 is 60.8 Å². The van der Waals surface area contributed by atoms with Crippen LogP contribution in [0.5, 0.6) is 0 Å². The van der Waals surface area contributed by atoms with Crippen molar-refractivity contribution in [1.82, 2.24) is 56.4 Å². The van der Waals surface area contributed by atoms with E-state index in [1.54, 1.807) is 77.7 Å². The Kier molecular flexibility index (Phi) is 22.8. The molecule has 71 heavy (non-hydrogen) atoms. The predicted molar refractivity (Wildman–Crippen MR) is 256 cm³/mol. The third-order valence-corrected chi connectivity index (χ3v) is 11.2. The van der Waals surface area contributed by atoms with Crippen LogP contribution in [0.15, 0.2) is 91.0 Å². The Labute approximate surface area is 411 Å². The van der Waals surface area contributed by atoms with Gasteiger partial charge in [-0.15, -0.1) is 0 Å². The molecular weight excluding hydrogens is 923 g/mol. The van der Waals surface area contributed by atoms with Crippen LogP contribution in [0, 0.1) is 0 Å². The van der Waals surface area contributed by atoms with Gasteiger partial charge in [0.1, 0.15) is 39.5 Å². The van der Waals surface area contributed by atoms with E-state index in [0.717, 1.165) is 16.7 Å². The molecule has 23 heteroatoms. The minimum absolute atomic E-state index is 0.0296. The highest BCUT2D eigenvalue weighted by Crippen LogP contribution is 2.05. The highest BCUT2D eigenvalue weighted by molar-refractivity contribution is 5.89. The molecule has 0 saturated carbocycles. The van der Waals surface area contributed by atoms with Crippen molar-refractivity contribution in [2.24, 2.45) is 0 Å². The molecule has 382 valence electrons. The highest BCUT2D eigenvalue weighted by atomic mass is 16.6. The molecule has 0 radical (unpaired) electrons. The number of nitrogens with one attached hydrogen (secondary N) is 6. The highest BCUT2D eigenvalue weighted by Gasteiger charge is 2.25. The van der Waals surface area contributed by atoms with Gasteiger partial charge >= 0.3 is 18.3 Å². The lowest BCUT2D eigenvalue weighted by molar-refractivity contribution is -0.136. The number of carbonyl (C=O) groups excluding carboxylic acids is 9. The SMILES string of the molecule is O=C1CN(C(=O)CNC(=O)OCc2ccccc2)CCN2CCN(C(=O)CNC(=O)OCc3ccccc3)CC(=O)NCCN(CCN1)CCNC(=O)CN(C(=O)CNC(=O)OCc1ccccc1)CC2. The van der Waals surface area contributed by atoms with Crippen molar-refractivity contribution in [1.29, 1.82) is 0 Å². The molecule has 3 heterocycles. The van der Waals surface area contributed by atoms with Crippen molar-refractivity contribution < 1.29 is 57.4 Å². The maximum absolute atomic E-state index is 13.8. The lowest BCUT2D eigenvalue weighted by Crippen LogP contribution is -2.53. The van der Waals surface area contributed by atoms with Crippen LogP contribution in [0.4, 0.5) is 14.4 Å². The fourth-order valence-corrected chi connectivity index (χ4v) is 7.18. The normalized spacial score (nSPS) is 17.7. The summed E-state index contributed by atoms with van der Waals surface area (Å²) in [7, 11) is 0. The first-order valence-corrected chi connectivity index (χ1v) is 23.3. The summed E-state index contributed by atoms with van der Waals surface area (Å²) in [5.41, 5.74) is 2.21. The van der Waals surface area contributed by atoms with Crippen molar-refractivity contribution in [2.75, 3.05) is 118 Å². The largest absolute Gasteiger partial charge is 0.445 e. The van der Waals surface area contributed by atoms with Gasteiger partial charge in [-0.1, -0.05) is 91.0 Å². The summed E-state index contributed by atoms with van der Waals surface area (Å²) in [4.78, 5) is 127. The molecule has 3 saturated heterocycles. The van der Waals surface area contributed by atoms with Gasteiger partial charge in [0.15, 0.2) is 0 Å². The molecule has 0 unspecified atom stereocenters. The van der Waals surface area contributed by atoms with Crippen molar-refractivity contribution >= 4 is 53.7 Å². The Hall–Kier alpha value is -7.79. The number of alkyl carbamates (subject to hydrolysis) is 3. The van der Waals surface area contributed by atoms with Gasteiger partial charge in [-0.3, -0.25) is 38.6 Å². The summed E-state index contributed by atoms with van der Waals surface area (Å²) in [6.07, 6.45) is -2.55. The van der Waals surface area contributed by atoms with Gasteiger partial charge in [-0.2, -0.15) is 0 Å². The molecule has 6 N–H and O–H groups in total. The fourth-order valence-electron chi connectivity index (χ4n) is 7.18. The van der Waals surface area contributed by atoms with Crippen LogP contribution in [-0.4, -0.2) is 196 Å². The molecule has 0 spiro atoms. The monoisotopic (exact) mass is 985 g/mol. The number of carbonyl (C=O) groups is 9. The first kappa shape index (κ1) is 54.2. The molecule has 9 amide bonds. The van der Waals surface area contributed by atoms with Gasteiger partial charge in [-0.25, -0.2) is 14.4 Å². The molecular formula is C48H63N11O12. The van der Waals surface area contributed by atoms with E-state index in [2.05, 4.69) is 31.9 Å². The van der Waals surface area contributed by atoms with Crippen molar-refractivity contribution in [3.05, 3.63) is 108 Å². The minimum Gasteiger partial charge on any atom is -0.445 e. The molecule has 23 nitrogen and oxygen atoms in total. The number of nitrogens with zero attached hydrogens (tertiary/aromatic N) is 5. The lowest BCUT2D eigenvalue weighted by Gasteiger charge is -2.32. The zero-order valence-corrected chi connectivity index (χ0v) is 39.6. The number of hydrogen-bond donors (Lipinski definition) is 6. The average molecular weight is 986 g/mol. The Morgan fingerprint density at radius 3 is 0.944 bits per heavy atom. The van der Waals surface area contributed by atoms with Crippen LogP contribution in [-0.2, 0) is 62.8 Å². The van der Waals surface area contributed by atoms with E-state index >= 15 is 0 Å². The predicted octanol–water partition coefficient (Wildman–Crippen LogP) is -0.769. The van der Waals surface area contributed by atoms with Crippen LogP contribution in [0.25, 0.3) is 0 Å². The molecule has 3 aromatic rings. The Morgan fingerprint density at radius 1 is 0.394 bits per heavy atom. The van der Waals surface area contributed by atoms with E-state index in [0.29, 0.717) is 0 Å². The molecule has 0 aliphatic carbocycles. The first-order valence-electron chi connectivity index (χ1n) is 23.3. The van der Waals surface area contributed by atoms with Crippen molar-refractivity contribution in [3.8, 4) is 0 Å². The maximum Gasteiger partial charge on any atom is 0.407 e. The Morgan fingerprint density at radius 2 is 0.662 bits per heavy atom. The summed E-state index contributed by atoms with van der Waals surface area (Å²) in [5.74, 6) is -3.30. The summed E-state index contributed by atoms with van der Waals surface area (Å²) < 4.78 is 15.8. The third-order valence-electron chi connectivity index (χ3n) is 11.2. The quantitative estimate of drug-likeness (QED) is 0.122. The summed E-state index contributed by atoms with van der Waals surface area (Å²) >= 11 is 0. The minimum atomic E-state index is -0.850. The molecule has 0 aromatic heterocycles. The zero-order valence-electron chi connectivity index (χ0n) is 39.6. The standard InChI is InChI=1S/C48H63N11O12/c60-40-31-57(43(63)28-52-46(66)69-34-37-10-4-1-5-11-37)25-22-56-23-26-58(44(64)29-53-47(67)70-35-38-12-6-2-7-13-38)32-41(61)50-17-20-55(19-16-49-40)21-18-51-42(62)33-59(27-24-56)45(65)30-54-48(68)71-36-39-14-8-3-9-15-39/h1-15H,16-36H2,(H,49,60)(H,50,61)(H,51,62)(H,52,66)(H,53,67)(H,54,68). The van der Waals surface area contributed by atoms with Gasteiger partial charge in [0.25, 0.3) is 0 Å². The van der Waals surface area contributed by atoms with Crippen molar-refractivity contribution in [3.63, 3.8) is 0 Å². The number of rotatable bonds is 12. The number of amides is 9. The topological polar surface area (TPSA) is 270 Å². The van der Waals surface area contributed by atoms with Crippen molar-refractivity contribution in [2.45, 2.75) is 19.8 Å².